The van der Waals surface area contributed by atoms with Crippen LogP contribution in [0, 0.1) is 6.92 Å². The van der Waals surface area contributed by atoms with E-state index in [0.717, 1.165) is 45.6 Å². The molecule has 0 fully saturated rings. The minimum Gasteiger partial charge on any atom is -0.467 e. The van der Waals surface area contributed by atoms with Crippen molar-refractivity contribution in [2.75, 3.05) is 0 Å². The number of aryl methyl sites for hydroxylation is 1. The fraction of sp³-hybridized carbons (Fsp3) is 0.222. The molecule has 0 radical (unpaired) electrons. The van der Waals surface area contributed by atoms with E-state index in [9.17, 15) is 0 Å². The highest BCUT2D eigenvalue weighted by Crippen LogP contribution is 2.41. The Kier molecular flexibility index (Phi) is 3.34. The third-order valence-electron chi connectivity index (χ3n) is 4.15. The largest absolute Gasteiger partial charge is 0.467 e. The van der Waals surface area contributed by atoms with Gasteiger partial charge in [0.25, 0.3) is 0 Å². The fourth-order valence-electron chi connectivity index (χ4n) is 3.11. The molecule has 3 aromatic rings. The second-order valence-corrected chi connectivity index (χ2v) is 6.25. The Balaban J connectivity index is 1.90. The summed E-state index contributed by atoms with van der Waals surface area (Å²) in [7, 11) is 0. The van der Waals surface area contributed by atoms with E-state index in [4.69, 9.17) is 26.1 Å². The topological polar surface area (TPSA) is 43.3 Å². The Hall–Kier alpha value is -2.33. The zero-order valence-electron chi connectivity index (χ0n) is 13.0. The maximum Gasteiger partial charge on any atom is 0.159 e. The number of fused-ring (bicyclic) bond motifs is 1. The van der Waals surface area contributed by atoms with Gasteiger partial charge in [-0.15, -0.1) is 0 Å². The maximum atomic E-state index is 6.01. The Morgan fingerprint density at radius 3 is 2.65 bits per heavy atom. The Morgan fingerprint density at radius 2 is 1.96 bits per heavy atom. The molecule has 1 aliphatic heterocycles. The predicted molar refractivity (Wildman–Crippen MR) is 91.6 cm³/mol. The molecule has 1 aromatic carbocycles. The lowest BCUT2D eigenvalue weighted by Gasteiger charge is -2.21. The third-order valence-corrected chi connectivity index (χ3v) is 4.40. The average Bonchev–Trinajstić information content (AvgIpc) is 3.15. The summed E-state index contributed by atoms with van der Waals surface area (Å²) in [6.07, 6.45) is 2.51. The normalized spacial score (nSPS) is 17.0. The number of benzene rings is 1. The van der Waals surface area contributed by atoms with Crippen molar-refractivity contribution in [3.63, 3.8) is 0 Å². The zero-order chi connectivity index (χ0) is 16.0. The van der Waals surface area contributed by atoms with E-state index in [1.54, 1.807) is 6.26 Å². The van der Waals surface area contributed by atoms with Crippen LogP contribution < -0.4 is 0 Å². The number of aromatic nitrogens is 2. The minimum absolute atomic E-state index is 0.0530. The van der Waals surface area contributed by atoms with Gasteiger partial charge >= 0.3 is 0 Å². The highest BCUT2D eigenvalue weighted by Gasteiger charge is 2.29. The molecular weight excluding hydrogens is 310 g/mol. The lowest BCUT2D eigenvalue weighted by atomic mass is 10.0. The summed E-state index contributed by atoms with van der Waals surface area (Å²) in [6, 6.07) is 11.8. The van der Waals surface area contributed by atoms with Gasteiger partial charge in [0.15, 0.2) is 5.82 Å². The van der Waals surface area contributed by atoms with Crippen molar-refractivity contribution >= 4 is 23.1 Å². The standard InChI is InChI=1S/C18H16ClN3O/c1-11-10-15(16-4-3-9-23-16)22-18(20-11)17(12(2)21-22)13-5-7-14(19)8-6-13/h3-9,15H,10H2,1-2H3/t15-/m0/s1. The van der Waals surface area contributed by atoms with Crippen molar-refractivity contribution in [2.45, 2.75) is 26.3 Å². The van der Waals surface area contributed by atoms with Gasteiger partial charge in [0.2, 0.25) is 0 Å². The lowest BCUT2D eigenvalue weighted by Crippen LogP contribution is -2.18. The third kappa shape index (κ3) is 2.39. The maximum absolute atomic E-state index is 6.01. The summed E-state index contributed by atoms with van der Waals surface area (Å²) in [5.74, 6) is 1.79. The zero-order valence-corrected chi connectivity index (χ0v) is 13.7. The molecule has 0 aliphatic carbocycles. The molecule has 0 bridgehead atoms. The number of aliphatic imine (C=N–C) groups is 1. The molecule has 0 N–H and O–H groups in total. The number of halogens is 1. The van der Waals surface area contributed by atoms with Gasteiger partial charge in [-0.1, -0.05) is 23.7 Å². The summed E-state index contributed by atoms with van der Waals surface area (Å²) in [4.78, 5) is 4.77. The molecule has 3 heterocycles. The van der Waals surface area contributed by atoms with E-state index in [-0.39, 0.29) is 6.04 Å². The van der Waals surface area contributed by atoms with E-state index in [0.29, 0.717) is 0 Å². The van der Waals surface area contributed by atoms with Crippen LogP contribution in [0.15, 0.2) is 52.1 Å². The molecule has 4 nitrogen and oxygen atoms in total. The first kappa shape index (κ1) is 14.3. The van der Waals surface area contributed by atoms with Crippen LogP contribution in [0.2, 0.25) is 5.02 Å². The minimum atomic E-state index is 0.0530. The van der Waals surface area contributed by atoms with Gasteiger partial charge < -0.3 is 4.42 Å². The van der Waals surface area contributed by atoms with Crippen LogP contribution in [0.25, 0.3) is 11.1 Å². The molecule has 0 amide bonds. The van der Waals surface area contributed by atoms with Crippen LogP contribution in [0.3, 0.4) is 0 Å². The summed E-state index contributed by atoms with van der Waals surface area (Å²) in [5.41, 5.74) is 4.16. The Morgan fingerprint density at radius 1 is 1.17 bits per heavy atom. The average molecular weight is 326 g/mol. The van der Waals surface area contributed by atoms with Gasteiger partial charge in [-0.3, -0.25) is 0 Å². The summed E-state index contributed by atoms with van der Waals surface area (Å²) in [6.45, 7) is 4.06. The van der Waals surface area contributed by atoms with Crippen molar-refractivity contribution in [3.8, 4) is 11.1 Å². The summed E-state index contributed by atoms with van der Waals surface area (Å²) >= 11 is 6.01. The smallest absolute Gasteiger partial charge is 0.159 e. The number of hydrogen-bond acceptors (Lipinski definition) is 3. The van der Waals surface area contributed by atoms with Crippen LogP contribution in [-0.2, 0) is 0 Å². The van der Waals surface area contributed by atoms with Crippen molar-refractivity contribution < 1.29 is 4.42 Å². The summed E-state index contributed by atoms with van der Waals surface area (Å²) < 4.78 is 7.59. The number of furan rings is 1. The monoisotopic (exact) mass is 325 g/mol. The van der Waals surface area contributed by atoms with Gasteiger partial charge in [0.05, 0.1) is 12.0 Å². The van der Waals surface area contributed by atoms with E-state index in [2.05, 4.69) is 0 Å². The van der Waals surface area contributed by atoms with Crippen molar-refractivity contribution in [1.82, 2.24) is 9.78 Å². The molecule has 23 heavy (non-hydrogen) atoms. The molecule has 116 valence electrons. The first-order valence-electron chi connectivity index (χ1n) is 7.56. The molecule has 0 saturated heterocycles. The van der Waals surface area contributed by atoms with Crippen LogP contribution in [-0.4, -0.2) is 15.5 Å². The van der Waals surface area contributed by atoms with Gasteiger partial charge in [-0.2, -0.15) is 5.10 Å². The van der Waals surface area contributed by atoms with E-state index in [1.807, 2.05) is 54.9 Å². The highest BCUT2D eigenvalue weighted by molar-refractivity contribution is 6.30. The second-order valence-electron chi connectivity index (χ2n) is 5.82. The predicted octanol–water partition coefficient (Wildman–Crippen LogP) is 5.19. The molecule has 1 aliphatic rings. The SMILES string of the molecule is CC1=Nc2c(-c3ccc(Cl)cc3)c(C)nn2[C@H](c2ccco2)C1. The molecule has 4 rings (SSSR count). The lowest BCUT2D eigenvalue weighted by molar-refractivity contribution is 0.409. The fourth-order valence-corrected chi connectivity index (χ4v) is 3.23. The Bertz CT molecular complexity index is 876. The van der Waals surface area contributed by atoms with Crippen molar-refractivity contribution in [3.05, 3.63) is 59.1 Å². The number of hydrogen-bond donors (Lipinski definition) is 0. The first-order valence-corrected chi connectivity index (χ1v) is 7.94. The molecule has 5 heteroatoms. The van der Waals surface area contributed by atoms with Crippen LogP contribution in [0.5, 0.6) is 0 Å². The number of rotatable bonds is 2. The van der Waals surface area contributed by atoms with E-state index < -0.39 is 0 Å². The molecular formula is C18H16ClN3O. The number of nitrogens with zero attached hydrogens (tertiary/aromatic N) is 3. The van der Waals surface area contributed by atoms with E-state index >= 15 is 0 Å². The van der Waals surface area contributed by atoms with Crippen LogP contribution in [0.4, 0.5) is 5.82 Å². The van der Waals surface area contributed by atoms with Gasteiger partial charge in [0, 0.05) is 22.7 Å². The second kappa shape index (κ2) is 5.39. The summed E-state index contributed by atoms with van der Waals surface area (Å²) in [5, 5.41) is 5.46. The highest BCUT2D eigenvalue weighted by atomic mass is 35.5. The first-order chi connectivity index (χ1) is 11.1. The van der Waals surface area contributed by atoms with Gasteiger partial charge in [0.1, 0.15) is 11.8 Å². The van der Waals surface area contributed by atoms with Crippen molar-refractivity contribution in [2.24, 2.45) is 4.99 Å². The van der Waals surface area contributed by atoms with Crippen LogP contribution >= 0.6 is 11.6 Å². The van der Waals surface area contributed by atoms with Crippen LogP contribution in [0.1, 0.15) is 30.8 Å². The quantitative estimate of drug-likeness (QED) is 0.650. The van der Waals surface area contributed by atoms with Crippen molar-refractivity contribution in [1.29, 1.82) is 0 Å². The van der Waals surface area contributed by atoms with Gasteiger partial charge in [-0.05, 0) is 43.7 Å². The van der Waals surface area contributed by atoms with Gasteiger partial charge in [-0.25, -0.2) is 9.67 Å². The Labute approximate surface area is 139 Å². The molecule has 1 atom stereocenters. The molecule has 0 unspecified atom stereocenters. The molecule has 0 spiro atoms. The molecule has 2 aromatic heterocycles. The van der Waals surface area contributed by atoms with E-state index in [1.165, 1.54) is 0 Å². The molecule has 0 saturated carbocycles.